The van der Waals surface area contributed by atoms with Crippen LogP contribution in [-0.4, -0.2) is 18.6 Å². The summed E-state index contributed by atoms with van der Waals surface area (Å²) in [5, 5.41) is 0. The number of fused-ring (bicyclic) bond motifs is 1. The van der Waals surface area contributed by atoms with Gasteiger partial charge in [-0.15, -0.1) is 0 Å². The highest BCUT2D eigenvalue weighted by atomic mass is 16.5. The number of esters is 1. The molecule has 1 aromatic rings. The van der Waals surface area contributed by atoms with Gasteiger partial charge in [-0.3, -0.25) is 4.79 Å². The number of ether oxygens (including phenoxy) is 1. The molecule has 1 aromatic carbocycles. The second-order valence-electron chi connectivity index (χ2n) is 5.62. The second-order valence-corrected chi connectivity index (χ2v) is 5.62. The molecule has 1 atom stereocenters. The van der Waals surface area contributed by atoms with E-state index < -0.39 is 0 Å². The van der Waals surface area contributed by atoms with E-state index in [-0.39, 0.29) is 5.97 Å². The zero-order chi connectivity index (χ0) is 14.4. The van der Waals surface area contributed by atoms with E-state index in [0.717, 1.165) is 38.5 Å². The maximum Gasteiger partial charge on any atom is 0.305 e. The van der Waals surface area contributed by atoms with Crippen molar-refractivity contribution in [2.24, 2.45) is 5.73 Å². The number of unbranched alkanes of at least 4 members (excludes halogenated alkanes) is 1. The molecule has 0 fully saturated rings. The van der Waals surface area contributed by atoms with Crippen LogP contribution in [0.1, 0.15) is 49.3 Å². The van der Waals surface area contributed by atoms with Crippen LogP contribution in [0.3, 0.4) is 0 Å². The molecule has 3 heteroatoms. The first-order valence-corrected chi connectivity index (χ1v) is 7.71. The fourth-order valence-electron chi connectivity index (χ4n) is 2.83. The molecule has 0 saturated carbocycles. The van der Waals surface area contributed by atoms with Crippen molar-refractivity contribution in [3.8, 4) is 0 Å². The summed E-state index contributed by atoms with van der Waals surface area (Å²) in [4.78, 5) is 11.2. The molecular weight excluding hydrogens is 250 g/mol. The molecule has 0 heterocycles. The summed E-state index contributed by atoms with van der Waals surface area (Å²) in [5.41, 5.74) is 10.3. The molecule has 0 amide bonds. The van der Waals surface area contributed by atoms with E-state index in [1.807, 2.05) is 6.92 Å². The van der Waals surface area contributed by atoms with Gasteiger partial charge >= 0.3 is 5.97 Å². The Bertz CT molecular complexity index is 456. The fourth-order valence-corrected chi connectivity index (χ4v) is 2.83. The van der Waals surface area contributed by atoms with Crippen molar-refractivity contribution in [1.29, 1.82) is 0 Å². The molecule has 0 aromatic heterocycles. The summed E-state index contributed by atoms with van der Waals surface area (Å²) >= 11 is 0. The topological polar surface area (TPSA) is 52.3 Å². The van der Waals surface area contributed by atoms with Crippen LogP contribution in [0.15, 0.2) is 18.2 Å². The minimum absolute atomic E-state index is 0.0797. The van der Waals surface area contributed by atoms with E-state index in [4.69, 9.17) is 10.5 Å². The Morgan fingerprint density at radius 2 is 2.20 bits per heavy atom. The number of carbonyl (C=O) groups is 1. The van der Waals surface area contributed by atoms with E-state index in [1.54, 1.807) is 0 Å². The van der Waals surface area contributed by atoms with Gasteiger partial charge < -0.3 is 10.5 Å². The molecule has 1 unspecified atom stereocenters. The van der Waals surface area contributed by atoms with Gasteiger partial charge in [-0.05, 0) is 62.1 Å². The van der Waals surface area contributed by atoms with E-state index >= 15 is 0 Å². The molecule has 1 aliphatic carbocycles. The monoisotopic (exact) mass is 275 g/mol. The Kier molecular flexibility index (Phi) is 5.60. The third-order valence-corrected chi connectivity index (χ3v) is 3.94. The van der Waals surface area contributed by atoms with Gasteiger partial charge in [0.25, 0.3) is 0 Å². The summed E-state index contributed by atoms with van der Waals surface area (Å²) in [5.74, 6) is -0.0797. The van der Waals surface area contributed by atoms with Gasteiger partial charge in [0, 0.05) is 12.5 Å². The standard InChI is InChI=1S/C17H25NO2/c1-2-20-17(19)6-4-3-5-13-7-8-14-9-10-16(18)12-15(14)11-13/h7-8,11,16H,2-6,9-10,12,18H2,1H3. The van der Waals surface area contributed by atoms with Gasteiger partial charge in [0.05, 0.1) is 6.61 Å². The molecular formula is C17H25NO2. The maximum absolute atomic E-state index is 11.2. The molecule has 0 saturated heterocycles. The lowest BCUT2D eigenvalue weighted by Crippen LogP contribution is -2.27. The van der Waals surface area contributed by atoms with Gasteiger partial charge in [0.15, 0.2) is 0 Å². The Labute approximate surface area is 121 Å². The summed E-state index contributed by atoms with van der Waals surface area (Å²) in [7, 11) is 0. The van der Waals surface area contributed by atoms with Crippen LogP contribution in [0.2, 0.25) is 0 Å². The summed E-state index contributed by atoms with van der Waals surface area (Å²) in [6.07, 6.45) is 6.71. The van der Waals surface area contributed by atoms with Gasteiger partial charge in [0.1, 0.15) is 0 Å². The van der Waals surface area contributed by atoms with Crippen molar-refractivity contribution in [1.82, 2.24) is 0 Å². The molecule has 0 radical (unpaired) electrons. The van der Waals surface area contributed by atoms with E-state index in [0.29, 0.717) is 19.1 Å². The SMILES string of the molecule is CCOC(=O)CCCCc1ccc2c(c1)CC(N)CC2. The van der Waals surface area contributed by atoms with E-state index in [9.17, 15) is 4.79 Å². The predicted octanol–water partition coefficient (Wildman–Crippen LogP) is 2.78. The number of nitrogens with two attached hydrogens (primary N) is 1. The first-order valence-electron chi connectivity index (χ1n) is 7.71. The zero-order valence-electron chi connectivity index (χ0n) is 12.4. The van der Waals surface area contributed by atoms with E-state index in [2.05, 4.69) is 18.2 Å². The molecule has 0 spiro atoms. The number of aryl methyl sites for hydroxylation is 2. The van der Waals surface area contributed by atoms with Crippen molar-refractivity contribution >= 4 is 5.97 Å². The predicted molar refractivity (Wildman–Crippen MR) is 80.6 cm³/mol. The molecule has 2 rings (SSSR count). The van der Waals surface area contributed by atoms with Crippen LogP contribution in [-0.2, 0) is 28.8 Å². The highest BCUT2D eigenvalue weighted by Crippen LogP contribution is 2.22. The van der Waals surface area contributed by atoms with Gasteiger partial charge in [-0.25, -0.2) is 0 Å². The summed E-state index contributed by atoms with van der Waals surface area (Å²) in [6.45, 7) is 2.32. The minimum atomic E-state index is -0.0797. The largest absolute Gasteiger partial charge is 0.466 e. The quantitative estimate of drug-likeness (QED) is 0.641. The minimum Gasteiger partial charge on any atom is -0.466 e. The number of hydrogen-bond donors (Lipinski definition) is 1. The van der Waals surface area contributed by atoms with Crippen molar-refractivity contribution in [2.45, 2.75) is 57.9 Å². The van der Waals surface area contributed by atoms with Crippen molar-refractivity contribution < 1.29 is 9.53 Å². The molecule has 110 valence electrons. The molecule has 2 N–H and O–H groups in total. The first-order chi connectivity index (χ1) is 9.69. The third-order valence-electron chi connectivity index (χ3n) is 3.94. The Morgan fingerprint density at radius 1 is 1.35 bits per heavy atom. The van der Waals surface area contributed by atoms with Crippen LogP contribution in [0.4, 0.5) is 0 Å². The van der Waals surface area contributed by atoms with Crippen molar-refractivity contribution in [3.05, 3.63) is 34.9 Å². The first kappa shape index (κ1) is 15.0. The maximum atomic E-state index is 11.2. The average Bonchev–Trinajstić information content (AvgIpc) is 2.43. The lowest BCUT2D eigenvalue weighted by atomic mass is 9.87. The van der Waals surface area contributed by atoms with E-state index in [1.165, 1.54) is 16.7 Å². The second kappa shape index (κ2) is 7.44. The van der Waals surface area contributed by atoms with Crippen LogP contribution < -0.4 is 5.73 Å². The van der Waals surface area contributed by atoms with Crippen LogP contribution >= 0.6 is 0 Å². The molecule has 0 aliphatic heterocycles. The van der Waals surface area contributed by atoms with Gasteiger partial charge in [-0.2, -0.15) is 0 Å². The van der Waals surface area contributed by atoms with Gasteiger partial charge in [-0.1, -0.05) is 18.2 Å². The lowest BCUT2D eigenvalue weighted by molar-refractivity contribution is -0.143. The highest BCUT2D eigenvalue weighted by molar-refractivity contribution is 5.69. The molecule has 3 nitrogen and oxygen atoms in total. The molecule has 20 heavy (non-hydrogen) atoms. The third kappa shape index (κ3) is 4.34. The average molecular weight is 275 g/mol. The number of carbonyl (C=O) groups excluding carboxylic acids is 1. The smallest absolute Gasteiger partial charge is 0.305 e. The van der Waals surface area contributed by atoms with Gasteiger partial charge in [0.2, 0.25) is 0 Å². The fraction of sp³-hybridized carbons (Fsp3) is 0.588. The van der Waals surface area contributed by atoms with Crippen molar-refractivity contribution in [2.75, 3.05) is 6.61 Å². The van der Waals surface area contributed by atoms with Crippen molar-refractivity contribution in [3.63, 3.8) is 0 Å². The van der Waals surface area contributed by atoms with Crippen LogP contribution in [0, 0.1) is 0 Å². The summed E-state index contributed by atoms with van der Waals surface area (Å²) < 4.78 is 4.93. The summed E-state index contributed by atoms with van der Waals surface area (Å²) in [6, 6.07) is 7.10. The Balaban J connectivity index is 1.79. The Morgan fingerprint density at radius 3 is 3.00 bits per heavy atom. The lowest BCUT2D eigenvalue weighted by Gasteiger charge is -2.22. The van der Waals surface area contributed by atoms with Crippen LogP contribution in [0.25, 0.3) is 0 Å². The number of benzene rings is 1. The number of rotatable bonds is 6. The Hall–Kier alpha value is -1.35. The molecule has 0 bridgehead atoms. The number of hydrogen-bond acceptors (Lipinski definition) is 3. The van der Waals surface area contributed by atoms with Crippen LogP contribution in [0.5, 0.6) is 0 Å². The normalized spacial score (nSPS) is 17.6. The highest BCUT2D eigenvalue weighted by Gasteiger charge is 2.15. The zero-order valence-corrected chi connectivity index (χ0v) is 12.4. The molecule has 1 aliphatic rings.